The van der Waals surface area contributed by atoms with Gasteiger partial charge in [-0.05, 0) is 12.1 Å². The number of anilines is 1. The molecule has 0 saturated carbocycles. The van der Waals surface area contributed by atoms with Crippen molar-refractivity contribution < 1.29 is 20.4 Å². The summed E-state index contributed by atoms with van der Waals surface area (Å²) >= 11 is 0. The first-order valence-corrected chi connectivity index (χ1v) is 3.41. The molecule has 0 aliphatic rings. The molecule has 0 unspecified atom stereocenters. The van der Waals surface area contributed by atoms with Crippen molar-refractivity contribution >= 4 is 11.8 Å². The topological polar surface area (TPSA) is 80.1 Å². The predicted octanol–water partition coefficient (Wildman–Crippen LogP) is -1.14. The van der Waals surface area contributed by atoms with Gasteiger partial charge in [0.05, 0.1) is 7.11 Å². The van der Waals surface area contributed by atoms with E-state index < -0.39 is 5.97 Å². The minimum atomic E-state index is -0.396. The number of aromatic nitrogens is 1. The number of H-pyrrole nitrogens is 1. The van der Waals surface area contributed by atoms with Gasteiger partial charge in [-0.15, -0.1) is 5.43 Å². The first-order valence-electron chi connectivity index (χ1n) is 3.41. The number of carbonyl (C=O) groups is 1. The third-order valence-corrected chi connectivity index (χ3v) is 1.39. The summed E-state index contributed by atoms with van der Waals surface area (Å²) in [5, 5.41) is 0. The Balaban J connectivity index is 2.93. The number of aromatic amines is 1. The average Bonchev–Trinajstić information content (AvgIpc) is 2.17. The molecule has 0 atom stereocenters. The number of hydrogen-bond acceptors (Lipinski definition) is 3. The average molecular weight is 169 g/mol. The molecule has 5 heteroatoms. The molecule has 5 N–H and O–H groups in total. The van der Waals surface area contributed by atoms with Crippen LogP contribution in [0, 0.1) is 0 Å². The molecule has 0 aliphatic carbocycles. The molecule has 1 heterocycles. The molecule has 12 heavy (non-hydrogen) atoms. The summed E-state index contributed by atoms with van der Waals surface area (Å²) in [7, 11) is 1.33. The minimum absolute atomic E-state index is 0.395. The minimum Gasteiger partial charge on any atom is -0.463 e. The van der Waals surface area contributed by atoms with Crippen LogP contribution in [0.2, 0.25) is 0 Å². The summed E-state index contributed by atoms with van der Waals surface area (Å²) in [5.41, 5.74) is 3.03. The second-order valence-corrected chi connectivity index (χ2v) is 2.15. The van der Waals surface area contributed by atoms with E-state index in [4.69, 9.17) is 0 Å². The van der Waals surface area contributed by atoms with Gasteiger partial charge in [-0.2, -0.15) is 5.84 Å². The SMILES string of the molecule is COC(=O)c1cccc(N[NH3+])[nH+]1. The van der Waals surface area contributed by atoms with Gasteiger partial charge in [0.1, 0.15) is 0 Å². The van der Waals surface area contributed by atoms with Gasteiger partial charge in [0.25, 0.3) is 0 Å². The molecule has 0 aliphatic heterocycles. The van der Waals surface area contributed by atoms with Gasteiger partial charge in [0.2, 0.25) is 5.69 Å². The van der Waals surface area contributed by atoms with E-state index in [2.05, 4.69) is 21.0 Å². The molecule has 0 bridgehead atoms. The van der Waals surface area contributed by atoms with Gasteiger partial charge in [-0.25, -0.2) is 9.78 Å². The maximum absolute atomic E-state index is 11.0. The molecule has 0 fully saturated rings. The lowest BCUT2D eigenvalue weighted by molar-refractivity contribution is -0.403. The Morgan fingerprint density at radius 1 is 1.67 bits per heavy atom. The largest absolute Gasteiger partial charge is 0.463 e. The van der Waals surface area contributed by atoms with E-state index in [1.807, 2.05) is 0 Å². The van der Waals surface area contributed by atoms with Crippen LogP contribution in [0.5, 0.6) is 0 Å². The van der Waals surface area contributed by atoms with Gasteiger partial charge in [-0.3, -0.25) is 0 Å². The number of hydrogen-bond donors (Lipinski definition) is 2. The first-order chi connectivity index (χ1) is 5.77. The monoisotopic (exact) mass is 169 g/mol. The van der Waals surface area contributed by atoms with Crippen molar-refractivity contribution in [2.75, 3.05) is 12.5 Å². The van der Waals surface area contributed by atoms with Crippen LogP contribution >= 0.6 is 0 Å². The second-order valence-electron chi connectivity index (χ2n) is 2.15. The van der Waals surface area contributed by atoms with Crippen molar-refractivity contribution in [1.82, 2.24) is 0 Å². The Bertz CT molecular complexity index is 288. The number of pyridine rings is 1. The van der Waals surface area contributed by atoms with Crippen LogP contribution in [-0.2, 0) is 4.74 Å². The number of carbonyl (C=O) groups excluding carboxylic acids is 1. The van der Waals surface area contributed by atoms with Crippen LogP contribution in [0.1, 0.15) is 10.5 Å². The Labute approximate surface area is 69.5 Å². The number of rotatable bonds is 2. The Hall–Kier alpha value is -1.62. The molecule has 1 aromatic rings. The lowest BCUT2D eigenvalue weighted by atomic mass is 10.3. The zero-order valence-corrected chi connectivity index (χ0v) is 6.76. The second kappa shape index (κ2) is 3.68. The maximum Gasteiger partial charge on any atom is 0.378 e. The lowest BCUT2D eigenvalue weighted by Gasteiger charge is -1.95. The Morgan fingerprint density at radius 2 is 2.42 bits per heavy atom. The van der Waals surface area contributed by atoms with Crippen molar-refractivity contribution in [2.45, 2.75) is 0 Å². The van der Waals surface area contributed by atoms with Gasteiger partial charge in [-0.1, -0.05) is 0 Å². The van der Waals surface area contributed by atoms with Crippen molar-refractivity contribution in [3.05, 3.63) is 23.9 Å². The summed E-state index contributed by atoms with van der Waals surface area (Å²) in [5.74, 6) is 3.72. The van der Waals surface area contributed by atoms with E-state index >= 15 is 0 Å². The molecular formula is C7H11N3O2+2. The summed E-state index contributed by atoms with van der Waals surface area (Å²) in [6, 6.07) is 5.13. The molecule has 0 aromatic carbocycles. The van der Waals surface area contributed by atoms with Crippen molar-refractivity contribution in [3.8, 4) is 0 Å². The van der Waals surface area contributed by atoms with Crippen LogP contribution in [0.25, 0.3) is 0 Å². The molecule has 0 amide bonds. The fraction of sp³-hybridized carbons (Fsp3) is 0.143. The Morgan fingerprint density at radius 3 is 3.00 bits per heavy atom. The van der Waals surface area contributed by atoms with Gasteiger partial charge >= 0.3 is 11.8 Å². The van der Waals surface area contributed by atoms with E-state index in [9.17, 15) is 4.79 Å². The van der Waals surface area contributed by atoms with Crippen LogP contribution in [-0.4, -0.2) is 13.1 Å². The highest BCUT2D eigenvalue weighted by atomic mass is 16.5. The molecule has 5 nitrogen and oxygen atoms in total. The van der Waals surface area contributed by atoms with E-state index in [-0.39, 0.29) is 0 Å². The highest BCUT2D eigenvalue weighted by Crippen LogP contribution is 1.97. The standard InChI is InChI=1S/C7H9N3O2/c1-12-7(11)5-3-2-4-6(9-5)10-8/h2-4H,8H2,1H3,(H,9,10)/p+2. The molecule has 1 aromatic heterocycles. The van der Waals surface area contributed by atoms with Gasteiger partial charge < -0.3 is 4.74 Å². The smallest absolute Gasteiger partial charge is 0.378 e. The third kappa shape index (κ3) is 1.70. The van der Waals surface area contributed by atoms with Crippen molar-refractivity contribution in [3.63, 3.8) is 0 Å². The fourth-order valence-electron chi connectivity index (χ4n) is 0.801. The van der Waals surface area contributed by atoms with Crippen LogP contribution in [0.15, 0.2) is 18.2 Å². The van der Waals surface area contributed by atoms with E-state index in [0.29, 0.717) is 11.5 Å². The van der Waals surface area contributed by atoms with Gasteiger partial charge in [0, 0.05) is 6.07 Å². The molecule has 64 valence electrons. The summed E-state index contributed by atoms with van der Waals surface area (Å²) < 4.78 is 4.52. The molecule has 0 radical (unpaired) electrons. The highest BCUT2D eigenvalue weighted by Gasteiger charge is 2.10. The number of ether oxygens (including phenoxy) is 1. The Kier molecular flexibility index (Phi) is 2.60. The zero-order chi connectivity index (χ0) is 8.97. The number of methoxy groups -OCH3 is 1. The summed E-state index contributed by atoms with van der Waals surface area (Å²) in [6.45, 7) is 0. The van der Waals surface area contributed by atoms with E-state index in [1.165, 1.54) is 7.11 Å². The summed E-state index contributed by atoms with van der Waals surface area (Å²) in [6.07, 6.45) is 0. The number of nitrogens with one attached hydrogen (secondary N) is 2. The van der Waals surface area contributed by atoms with E-state index in [0.717, 1.165) is 0 Å². The molecule has 1 rings (SSSR count). The normalized spacial score (nSPS) is 9.17. The van der Waals surface area contributed by atoms with E-state index in [1.54, 1.807) is 18.2 Å². The molecule has 0 saturated heterocycles. The van der Waals surface area contributed by atoms with Crippen molar-refractivity contribution in [1.29, 1.82) is 0 Å². The number of quaternary nitrogens is 1. The summed E-state index contributed by atoms with van der Waals surface area (Å²) in [4.78, 5) is 13.8. The lowest BCUT2D eigenvalue weighted by Crippen LogP contribution is -2.58. The van der Waals surface area contributed by atoms with Gasteiger partial charge in [0.15, 0.2) is 0 Å². The van der Waals surface area contributed by atoms with Crippen LogP contribution in [0.3, 0.4) is 0 Å². The van der Waals surface area contributed by atoms with Crippen LogP contribution < -0.4 is 16.3 Å². The highest BCUT2D eigenvalue weighted by molar-refractivity contribution is 5.85. The molecule has 0 spiro atoms. The maximum atomic E-state index is 11.0. The fourth-order valence-corrected chi connectivity index (χ4v) is 0.801. The van der Waals surface area contributed by atoms with Crippen molar-refractivity contribution in [2.24, 2.45) is 0 Å². The number of esters is 1. The van der Waals surface area contributed by atoms with Crippen LogP contribution in [0.4, 0.5) is 5.82 Å². The third-order valence-electron chi connectivity index (χ3n) is 1.39. The quantitative estimate of drug-likeness (QED) is 0.433. The predicted molar refractivity (Wildman–Crippen MR) is 40.8 cm³/mol. The first kappa shape index (κ1) is 8.48. The zero-order valence-electron chi connectivity index (χ0n) is 6.76. The molecular weight excluding hydrogens is 158 g/mol.